The van der Waals surface area contributed by atoms with E-state index in [-0.39, 0.29) is 12.7 Å². The molecule has 5 rings (SSSR count). The third kappa shape index (κ3) is 2.85. The zero-order valence-corrected chi connectivity index (χ0v) is 17.6. The zero-order chi connectivity index (χ0) is 20.7. The zero-order valence-electron chi connectivity index (χ0n) is 17.6. The molecule has 1 unspecified atom stereocenters. The number of rotatable bonds is 7. The molecule has 0 fully saturated rings. The number of hydrogen-bond acceptors (Lipinski definition) is 5. The molecular formula is C24H28N2O4. The third-order valence-corrected chi connectivity index (χ3v) is 6.46. The second kappa shape index (κ2) is 7.51. The minimum absolute atomic E-state index is 0.0949. The first-order valence-electron chi connectivity index (χ1n) is 10.8. The van der Waals surface area contributed by atoms with E-state index >= 15 is 0 Å². The van der Waals surface area contributed by atoms with Gasteiger partial charge in [0.25, 0.3) is 0 Å². The van der Waals surface area contributed by atoms with Crippen LogP contribution in [-0.4, -0.2) is 50.9 Å². The van der Waals surface area contributed by atoms with E-state index in [9.17, 15) is 4.79 Å². The Labute approximate surface area is 177 Å². The number of ether oxygens (including phenoxy) is 3. The van der Waals surface area contributed by atoms with Gasteiger partial charge in [-0.1, -0.05) is 31.5 Å². The van der Waals surface area contributed by atoms with Crippen molar-refractivity contribution in [3.63, 3.8) is 0 Å². The van der Waals surface area contributed by atoms with Gasteiger partial charge in [-0.2, -0.15) is 0 Å². The number of fused-ring (bicyclic) bond motifs is 5. The summed E-state index contributed by atoms with van der Waals surface area (Å²) in [6.45, 7) is 5.50. The number of unbranched alkanes of at least 4 members (excludes halogenated alkanes) is 1. The highest BCUT2D eigenvalue weighted by molar-refractivity contribution is 6.11. The van der Waals surface area contributed by atoms with E-state index in [1.54, 1.807) is 0 Å². The Morgan fingerprint density at radius 2 is 1.77 bits per heavy atom. The largest absolute Gasteiger partial charge is 0.491 e. The van der Waals surface area contributed by atoms with Crippen molar-refractivity contribution < 1.29 is 19.0 Å². The molecule has 158 valence electrons. The molecule has 1 amide bonds. The van der Waals surface area contributed by atoms with Gasteiger partial charge in [0.1, 0.15) is 17.8 Å². The van der Waals surface area contributed by atoms with Gasteiger partial charge in [0.05, 0.1) is 0 Å². The van der Waals surface area contributed by atoms with Crippen LogP contribution in [-0.2, 0) is 10.2 Å². The lowest BCUT2D eigenvalue weighted by Gasteiger charge is -2.24. The lowest BCUT2D eigenvalue weighted by atomic mass is 9.77. The summed E-state index contributed by atoms with van der Waals surface area (Å²) < 4.78 is 17.1. The number of carbonyl (C=O) groups is 1. The Bertz CT molecular complexity index is 976. The molecule has 3 aliphatic rings. The van der Waals surface area contributed by atoms with Gasteiger partial charge in [-0.15, -0.1) is 0 Å². The van der Waals surface area contributed by atoms with Gasteiger partial charge >= 0.3 is 0 Å². The maximum Gasteiger partial charge on any atom is 0.245 e. The second-order valence-electron chi connectivity index (χ2n) is 8.38. The summed E-state index contributed by atoms with van der Waals surface area (Å²) in [5.41, 5.74) is 2.09. The molecule has 3 heterocycles. The number of hydrogen-bond donors (Lipinski definition) is 0. The molecule has 0 saturated heterocycles. The predicted octanol–water partition coefficient (Wildman–Crippen LogP) is 3.56. The van der Waals surface area contributed by atoms with Crippen molar-refractivity contribution in [3.8, 4) is 17.2 Å². The average Bonchev–Trinajstić information content (AvgIpc) is 3.43. The molecule has 2 aromatic rings. The van der Waals surface area contributed by atoms with Crippen LogP contribution in [0.15, 0.2) is 36.4 Å². The van der Waals surface area contributed by atoms with Gasteiger partial charge in [-0.05, 0) is 50.7 Å². The van der Waals surface area contributed by atoms with Crippen molar-refractivity contribution in [1.29, 1.82) is 0 Å². The van der Waals surface area contributed by atoms with E-state index < -0.39 is 5.41 Å². The van der Waals surface area contributed by atoms with E-state index in [4.69, 9.17) is 14.2 Å². The molecule has 0 radical (unpaired) electrons. The summed E-state index contributed by atoms with van der Waals surface area (Å²) in [7, 11) is 2.15. The highest BCUT2D eigenvalue weighted by atomic mass is 16.7. The van der Waals surface area contributed by atoms with E-state index in [0.29, 0.717) is 30.4 Å². The van der Waals surface area contributed by atoms with Crippen molar-refractivity contribution in [2.45, 2.75) is 31.6 Å². The Kier molecular flexibility index (Phi) is 4.82. The van der Waals surface area contributed by atoms with Crippen LogP contribution in [0.5, 0.6) is 17.2 Å². The number of para-hydroxylation sites is 1. The van der Waals surface area contributed by atoms with Crippen molar-refractivity contribution in [2.75, 3.05) is 45.0 Å². The van der Waals surface area contributed by atoms with E-state index in [0.717, 1.165) is 36.3 Å². The van der Waals surface area contributed by atoms with Crippen LogP contribution in [0.2, 0.25) is 0 Å². The summed E-state index contributed by atoms with van der Waals surface area (Å²) >= 11 is 0. The van der Waals surface area contributed by atoms with Crippen molar-refractivity contribution in [3.05, 3.63) is 47.5 Å². The average molecular weight is 408 g/mol. The summed E-state index contributed by atoms with van der Waals surface area (Å²) in [4.78, 5) is 18.2. The van der Waals surface area contributed by atoms with Crippen LogP contribution >= 0.6 is 0 Å². The lowest BCUT2D eigenvalue weighted by Crippen LogP contribution is -2.43. The van der Waals surface area contributed by atoms with Crippen LogP contribution < -0.4 is 19.1 Å². The fourth-order valence-electron chi connectivity index (χ4n) is 4.83. The SMILES string of the molecule is CCCCN(C)CCCN1C(=O)C2(COc3cc4c(cc32)OCO4)c2ccccc21. The van der Waals surface area contributed by atoms with Crippen LogP contribution in [0.4, 0.5) is 5.69 Å². The van der Waals surface area contributed by atoms with Crippen molar-refractivity contribution in [1.82, 2.24) is 4.90 Å². The first-order chi connectivity index (χ1) is 14.6. The molecule has 30 heavy (non-hydrogen) atoms. The monoisotopic (exact) mass is 408 g/mol. The lowest BCUT2D eigenvalue weighted by molar-refractivity contribution is -0.122. The number of carbonyl (C=O) groups excluding carboxylic acids is 1. The first-order valence-corrected chi connectivity index (χ1v) is 10.8. The summed E-state index contributed by atoms with van der Waals surface area (Å²) in [5.74, 6) is 2.16. The third-order valence-electron chi connectivity index (χ3n) is 6.46. The minimum atomic E-state index is -0.805. The quantitative estimate of drug-likeness (QED) is 0.701. The number of benzene rings is 2. The molecule has 3 aliphatic heterocycles. The fourth-order valence-corrected chi connectivity index (χ4v) is 4.83. The highest BCUT2D eigenvalue weighted by Gasteiger charge is 2.57. The summed E-state index contributed by atoms with van der Waals surface area (Å²) in [5, 5.41) is 0. The van der Waals surface area contributed by atoms with E-state index in [2.05, 4.69) is 24.9 Å². The molecular weight excluding hydrogens is 380 g/mol. The van der Waals surface area contributed by atoms with Crippen molar-refractivity contribution in [2.24, 2.45) is 0 Å². The molecule has 6 nitrogen and oxygen atoms in total. The maximum atomic E-state index is 13.9. The van der Waals surface area contributed by atoms with Gasteiger partial charge in [0, 0.05) is 23.9 Å². The predicted molar refractivity (Wildman–Crippen MR) is 115 cm³/mol. The summed E-state index contributed by atoms with van der Waals surface area (Å²) in [6.07, 6.45) is 3.34. The molecule has 0 saturated carbocycles. The van der Waals surface area contributed by atoms with Gasteiger partial charge < -0.3 is 24.0 Å². The highest BCUT2D eigenvalue weighted by Crippen LogP contribution is 2.54. The standard InChI is InChI=1S/C24H28N2O4/c1-3-4-10-25(2)11-7-12-26-19-9-6-5-8-17(19)24(23(26)27)15-28-20-14-22-21(13-18(20)24)29-16-30-22/h5-6,8-9,13-14H,3-4,7,10-12,15-16H2,1-2H3. The van der Waals surface area contributed by atoms with Crippen molar-refractivity contribution >= 4 is 11.6 Å². The fraction of sp³-hybridized carbons (Fsp3) is 0.458. The topological polar surface area (TPSA) is 51.2 Å². The smallest absolute Gasteiger partial charge is 0.245 e. The summed E-state index contributed by atoms with van der Waals surface area (Å²) in [6, 6.07) is 11.9. The Morgan fingerprint density at radius 1 is 1.00 bits per heavy atom. The normalized spacial score (nSPS) is 20.8. The molecule has 0 N–H and O–H groups in total. The van der Waals surface area contributed by atoms with Gasteiger partial charge in [0.2, 0.25) is 12.7 Å². The van der Waals surface area contributed by atoms with Crippen LogP contribution in [0.3, 0.4) is 0 Å². The van der Waals surface area contributed by atoms with Gasteiger partial charge in [-0.3, -0.25) is 4.79 Å². The Hall–Kier alpha value is -2.73. The number of amides is 1. The molecule has 1 spiro atoms. The Balaban J connectivity index is 1.44. The second-order valence-corrected chi connectivity index (χ2v) is 8.38. The first kappa shape index (κ1) is 19.2. The number of anilines is 1. The van der Waals surface area contributed by atoms with E-state index in [1.807, 2.05) is 35.2 Å². The van der Waals surface area contributed by atoms with Gasteiger partial charge in [-0.25, -0.2) is 0 Å². The molecule has 0 aliphatic carbocycles. The molecule has 0 aromatic heterocycles. The minimum Gasteiger partial charge on any atom is -0.491 e. The van der Waals surface area contributed by atoms with E-state index in [1.165, 1.54) is 12.8 Å². The molecule has 0 bridgehead atoms. The maximum absolute atomic E-state index is 13.9. The van der Waals surface area contributed by atoms with Crippen LogP contribution in [0.1, 0.15) is 37.3 Å². The number of nitrogens with zero attached hydrogens (tertiary/aromatic N) is 2. The van der Waals surface area contributed by atoms with Gasteiger partial charge in [0.15, 0.2) is 11.5 Å². The van der Waals surface area contributed by atoms with Crippen LogP contribution in [0.25, 0.3) is 0 Å². The molecule has 6 heteroatoms. The Morgan fingerprint density at radius 3 is 2.60 bits per heavy atom. The van der Waals surface area contributed by atoms with Crippen LogP contribution in [0, 0.1) is 0 Å². The molecule has 2 aromatic carbocycles. The molecule has 1 atom stereocenters.